The lowest BCUT2D eigenvalue weighted by atomic mass is 9.90. The summed E-state index contributed by atoms with van der Waals surface area (Å²) in [6.45, 7) is 3.62. The summed E-state index contributed by atoms with van der Waals surface area (Å²) in [5, 5.41) is 0. The summed E-state index contributed by atoms with van der Waals surface area (Å²) >= 11 is 0. The second kappa shape index (κ2) is 7.54. The Hall–Kier alpha value is -2.27. The molecule has 2 aliphatic rings. The molecule has 26 heavy (non-hydrogen) atoms. The van der Waals surface area contributed by atoms with Gasteiger partial charge in [-0.15, -0.1) is 0 Å². The summed E-state index contributed by atoms with van der Waals surface area (Å²) in [5.74, 6) is 0.818. The van der Waals surface area contributed by atoms with E-state index in [1.165, 1.54) is 30.4 Å². The van der Waals surface area contributed by atoms with Gasteiger partial charge < -0.3 is 9.64 Å². The van der Waals surface area contributed by atoms with Gasteiger partial charge in [0, 0.05) is 18.4 Å². The van der Waals surface area contributed by atoms with Crippen molar-refractivity contribution in [2.75, 3.05) is 19.7 Å². The lowest BCUT2D eigenvalue weighted by molar-refractivity contribution is -0.138. The zero-order valence-corrected chi connectivity index (χ0v) is 15.3. The average Bonchev–Trinajstić information content (AvgIpc) is 2.68. The van der Waals surface area contributed by atoms with Gasteiger partial charge >= 0.3 is 0 Å². The molecular weight excluding hydrogens is 326 g/mol. The number of carbonyl (C=O) groups is 1. The number of aromatic nitrogens is 2. The summed E-state index contributed by atoms with van der Waals surface area (Å²) in [7, 11) is 0. The summed E-state index contributed by atoms with van der Waals surface area (Å²) in [6, 6.07) is 8.42. The van der Waals surface area contributed by atoms with Crippen LogP contribution in [0.2, 0.25) is 0 Å². The Morgan fingerprint density at radius 3 is 2.92 bits per heavy atom. The fraction of sp³-hybridized carbons (Fsp3) is 0.476. The lowest BCUT2D eigenvalue weighted by Crippen LogP contribution is -2.43. The Morgan fingerprint density at radius 1 is 1.23 bits per heavy atom. The molecular formula is C21H25N3O2. The molecule has 0 spiro atoms. The molecule has 1 aromatic heterocycles. The van der Waals surface area contributed by atoms with Crippen LogP contribution in [0.3, 0.4) is 0 Å². The Labute approximate surface area is 154 Å². The number of carbonyl (C=O) groups excluding carboxylic acids is 1. The molecule has 1 aliphatic heterocycles. The van der Waals surface area contributed by atoms with Crippen LogP contribution in [0.4, 0.5) is 0 Å². The quantitative estimate of drug-likeness (QED) is 0.853. The fourth-order valence-electron chi connectivity index (χ4n) is 3.84. The molecule has 0 bridgehead atoms. The number of aryl methyl sites for hydroxylation is 3. The Kier molecular flexibility index (Phi) is 4.98. The Morgan fingerprint density at radius 2 is 2.08 bits per heavy atom. The molecule has 5 heteroatoms. The van der Waals surface area contributed by atoms with Crippen molar-refractivity contribution in [2.24, 2.45) is 0 Å². The largest absolute Gasteiger partial charge is 0.367 e. The lowest BCUT2D eigenvalue weighted by Gasteiger charge is -2.32. The van der Waals surface area contributed by atoms with Crippen molar-refractivity contribution in [2.45, 2.75) is 45.1 Å². The minimum absolute atomic E-state index is 0.154. The molecule has 1 atom stereocenters. The highest BCUT2D eigenvalue weighted by Gasteiger charge is 2.27. The van der Waals surface area contributed by atoms with Gasteiger partial charge in [-0.2, -0.15) is 0 Å². The first kappa shape index (κ1) is 17.2. The zero-order valence-electron chi connectivity index (χ0n) is 15.3. The van der Waals surface area contributed by atoms with Gasteiger partial charge in [0.25, 0.3) is 0 Å². The molecule has 5 nitrogen and oxygen atoms in total. The molecule has 1 saturated heterocycles. The molecule has 1 amide bonds. The van der Waals surface area contributed by atoms with E-state index in [9.17, 15) is 4.79 Å². The van der Waals surface area contributed by atoms with Crippen molar-refractivity contribution in [3.8, 4) is 0 Å². The predicted octanol–water partition coefficient (Wildman–Crippen LogP) is 2.81. The van der Waals surface area contributed by atoms with Crippen LogP contribution in [-0.4, -0.2) is 40.5 Å². The fourth-order valence-corrected chi connectivity index (χ4v) is 3.84. The molecule has 0 radical (unpaired) electrons. The minimum atomic E-state index is -0.240. The molecule has 0 saturated carbocycles. The third-order valence-electron chi connectivity index (χ3n) is 5.29. The number of fused-ring (bicyclic) bond motifs is 1. The van der Waals surface area contributed by atoms with E-state index in [2.05, 4.69) is 28.2 Å². The maximum Gasteiger partial charge on any atom is 0.227 e. The second-order valence-electron chi connectivity index (χ2n) is 7.24. The number of hydrogen-bond donors (Lipinski definition) is 0. The van der Waals surface area contributed by atoms with Gasteiger partial charge in [-0.25, -0.2) is 9.97 Å². The molecule has 0 N–H and O–H groups in total. The molecule has 1 fully saturated rings. The third-order valence-corrected chi connectivity index (χ3v) is 5.29. The van der Waals surface area contributed by atoms with Crippen LogP contribution < -0.4 is 0 Å². The number of ether oxygens (including phenoxy) is 1. The average molecular weight is 351 g/mol. The summed E-state index contributed by atoms with van der Waals surface area (Å²) < 4.78 is 5.81. The van der Waals surface area contributed by atoms with E-state index in [4.69, 9.17) is 4.74 Å². The highest BCUT2D eigenvalue weighted by atomic mass is 16.5. The van der Waals surface area contributed by atoms with E-state index in [1.807, 2.05) is 17.9 Å². The van der Waals surface area contributed by atoms with Crippen LogP contribution >= 0.6 is 0 Å². The van der Waals surface area contributed by atoms with E-state index in [-0.39, 0.29) is 12.0 Å². The number of rotatable bonds is 3. The minimum Gasteiger partial charge on any atom is -0.367 e. The van der Waals surface area contributed by atoms with Gasteiger partial charge in [-0.1, -0.05) is 18.2 Å². The molecule has 1 aromatic carbocycles. The zero-order chi connectivity index (χ0) is 17.9. The van der Waals surface area contributed by atoms with Crippen molar-refractivity contribution < 1.29 is 9.53 Å². The van der Waals surface area contributed by atoms with Gasteiger partial charge in [0.05, 0.1) is 19.6 Å². The van der Waals surface area contributed by atoms with Crippen molar-refractivity contribution in [3.63, 3.8) is 0 Å². The number of amides is 1. The predicted molar refractivity (Wildman–Crippen MR) is 98.8 cm³/mol. The van der Waals surface area contributed by atoms with Crippen LogP contribution in [-0.2, 0) is 28.8 Å². The maximum absolute atomic E-state index is 12.8. The van der Waals surface area contributed by atoms with E-state index in [1.54, 1.807) is 6.20 Å². The molecule has 136 valence electrons. The van der Waals surface area contributed by atoms with E-state index >= 15 is 0 Å². The number of morpholine rings is 1. The highest BCUT2D eigenvalue weighted by Crippen LogP contribution is 2.24. The van der Waals surface area contributed by atoms with Gasteiger partial charge in [0.15, 0.2) is 5.82 Å². The Bertz CT molecular complexity index is 806. The van der Waals surface area contributed by atoms with Gasteiger partial charge in [-0.3, -0.25) is 4.79 Å². The number of hydrogen-bond acceptors (Lipinski definition) is 4. The van der Waals surface area contributed by atoms with Gasteiger partial charge in [-0.05, 0) is 55.4 Å². The van der Waals surface area contributed by atoms with Crippen molar-refractivity contribution in [1.29, 1.82) is 0 Å². The SMILES string of the molecule is Cc1ccnc([C@@H]2CN(C(=O)Cc3ccc4c(c3)CCCC4)CCO2)n1. The standard InChI is InChI=1S/C21H25N3O2/c1-15-8-9-22-21(23-15)19-14-24(10-11-26-19)20(25)13-16-6-7-17-4-2-3-5-18(17)12-16/h6-9,12,19H,2-5,10-11,13-14H2,1H3/t19-/m0/s1. The van der Waals surface area contributed by atoms with Crippen molar-refractivity contribution in [1.82, 2.24) is 14.9 Å². The number of benzene rings is 1. The first-order valence-corrected chi connectivity index (χ1v) is 9.48. The van der Waals surface area contributed by atoms with E-state index in [0.717, 1.165) is 17.7 Å². The van der Waals surface area contributed by atoms with Crippen LogP contribution in [0.25, 0.3) is 0 Å². The van der Waals surface area contributed by atoms with Crippen LogP contribution in [0.15, 0.2) is 30.5 Å². The number of nitrogens with zero attached hydrogens (tertiary/aromatic N) is 3. The molecule has 2 heterocycles. The molecule has 0 unspecified atom stereocenters. The first-order chi connectivity index (χ1) is 12.7. The molecule has 1 aliphatic carbocycles. The normalized spacial score (nSPS) is 19.9. The van der Waals surface area contributed by atoms with Gasteiger partial charge in [0.2, 0.25) is 5.91 Å². The smallest absolute Gasteiger partial charge is 0.227 e. The van der Waals surface area contributed by atoms with Crippen LogP contribution in [0.1, 0.15) is 47.2 Å². The van der Waals surface area contributed by atoms with Crippen molar-refractivity contribution in [3.05, 3.63) is 58.7 Å². The maximum atomic E-state index is 12.8. The highest BCUT2D eigenvalue weighted by molar-refractivity contribution is 5.79. The molecule has 4 rings (SSSR count). The summed E-state index contributed by atoms with van der Waals surface area (Å²) in [6.07, 6.45) is 6.81. The third kappa shape index (κ3) is 3.78. The monoisotopic (exact) mass is 351 g/mol. The van der Waals surface area contributed by atoms with E-state index < -0.39 is 0 Å². The van der Waals surface area contributed by atoms with E-state index in [0.29, 0.717) is 31.9 Å². The summed E-state index contributed by atoms with van der Waals surface area (Å²) in [5.41, 5.74) is 4.91. The Balaban J connectivity index is 1.43. The molecule has 2 aromatic rings. The van der Waals surface area contributed by atoms with Crippen molar-refractivity contribution >= 4 is 5.91 Å². The summed E-state index contributed by atoms with van der Waals surface area (Å²) in [4.78, 5) is 23.5. The van der Waals surface area contributed by atoms with Crippen LogP contribution in [0.5, 0.6) is 0 Å². The van der Waals surface area contributed by atoms with Gasteiger partial charge in [0.1, 0.15) is 6.10 Å². The second-order valence-corrected chi connectivity index (χ2v) is 7.24. The first-order valence-electron chi connectivity index (χ1n) is 9.48. The van der Waals surface area contributed by atoms with Crippen LogP contribution in [0, 0.1) is 6.92 Å². The topological polar surface area (TPSA) is 55.3 Å².